The van der Waals surface area contributed by atoms with Gasteiger partial charge in [-0.15, -0.1) is 0 Å². The molecule has 1 aliphatic heterocycles. The van der Waals surface area contributed by atoms with E-state index in [1.165, 1.54) is 0 Å². The van der Waals surface area contributed by atoms with Gasteiger partial charge < -0.3 is 19.3 Å². The first-order chi connectivity index (χ1) is 8.85. The molecule has 18 heavy (non-hydrogen) atoms. The second kappa shape index (κ2) is 6.61. The van der Waals surface area contributed by atoms with Crippen molar-refractivity contribution in [3.8, 4) is 11.5 Å². The standard InChI is InChI=1S/C14H20O4/c1-16-13-6-2-4-11(5-3-8-15)14(13)18-12-7-9-17-10-12/h2,4,6,12,15H,3,5,7-10H2,1H3. The number of ether oxygens (including phenoxy) is 3. The third kappa shape index (κ3) is 3.15. The number of rotatable bonds is 6. The summed E-state index contributed by atoms with van der Waals surface area (Å²) in [4.78, 5) is 0. The molecule has 1 fully saturated rings. The van der Waals surface area contributed by atoms with Crippen molar-refractivity contribution in [3.63, 3.8) is 0 Å². The summed E-state index contributed by atoms with van der Waals surface area (Å²) in [7, 11) is 1.64. The van der Waals surface area contributed by atoms with Crippen LogP contribution in [0.2, 0.25) is 0 Å². The molecule has 0 saturated carbocycles. The lowest BCUT2D eigenvalue weighted by molar-refractivity contribution is 0.137. The fraction of sp³-hybridized carbons (Fsp3) is 0.571. The number of methoxy groups -OCH3 is 1. The van der Waals surface area contributed by atoms with Gasteiger partial charge in [-0.2, -0.15) is 0 Å². The lowest BCUT2D eigenvalue weighted by Gasteiger charge is -2.18. The number of aryl methyl sites for hydroxylation is 1. The van der Waals surface area contributed by atoms with Crippen LogP contribution in [0.3, 0.4) is 0 Å². The minimum Gasteiger partial charge on any atom is -0.493 e. The highest BCUT2D eigenvalue weighted by atomic mass is 16.6. The molecular formula is C14H20O4. The van der Waals surface area contributed by atoms with Crippen LogP contribution in [0.1, 0.15) is 18.4 Å². The van der Waals surface area contributed by atoms with Gasteiger partial charge in [0.05, 0.1) is 20.3 Å². The van der Waals surface area contributed by atoms with E-state index in [0.29, 0.717) is 6.61 Å². The molecule has 0 bridgehead atoms. The van der Waals surface area contributed by atoms with Crippen LogP contribution in [-0.4, -0.2) is 38.1 Å². The lowest BCUT2D eigenvalue weighted by atomic mass is 10.1. The van der Waals surface area contributed by atoms with Gasteiger partial charge in [0.2, 0.25) is 0 Å². The molecular weight excluding hydrogens is 232 g/mol. The Hall–Kier alpha value is -1.26. The summed E-state index contributed by atoms with van der Waals surface area (Å²) < 4.78 is 16.7. The second-order valence-corrected chi connectivity index (χ2v) is 4.38. The van der Waals surface area contributed by atoms with Crippen LogP contribution in [0.15, 0.2) is 18.2 Å². The van der Waals surface area contributed by atoms with E-state index >= 15 is 0 Å². The first-order valence-corrected chi connectivity index (χ1v) is 6.36. The van der Waals surface area contributed by atoms with Gasteiger partial charge in [-0.3, -0.25) is 0 Å². The Morgan fingerprint density at radius 2 is 2.33 bits per heavy atom. The minimum absolute atomic E-state index is 0.106. The van der Waals surface area contributed by atoms with Gasteiger partial charge in [0, 0.05) is 13.0 Å². The Kier molecular flexibility index (Phi) is 4.84. The number of para-hydroxylation sites is 1. The van der Waals surface area contributed by atoms with Crippen molar-refractivity contribution in [2.24, 2.45) is 0 Å². The highest BCUT2D eigenvalue weighted by molar-refractivity contribution is 5.46. The van der Waals surface area contributed by atoms with Gasteiger partial charge >= 0.3 is 0 Å². The van der Waals surface area contributed by atoms with Crippen molar-refractivity contribution in [3.05, 3.63) is 23.8 Å². The average Bonchev–Trinajstić information content (AvgIpc) is 2.90. The van der Waals surface area contributed by atoms with Crippen molar-refractivity contribution in [2.75, 3.05) is 26.9 Å². The summed E-state index contributed by atoms with van der Waals surface area (Å²) in [6.07, 6.45) is 2.54. The topological polar surface area (TPSA) is 47.9 Å². The molecule has 1 aromatic carbocycles. The molecule has 1 atom stereocenters. The molecule has 0 aromatic heterocycles. The highest BCUT2D eigenvalue weighted by Crippen LogP contribution is 2.33. The van der Waals surface area contributed by atoms with E-state index in [0.717, 1.165) is 42.9 Å². The van der Waals surface area contributed by atoms with Gasteiger partial charge in [-0.1, -0.05) is 12.1 Å². The maximum Gasteiger partial charge on any atom is 0.164 e. The van der Waals surface area contributed by atoms with Crippen molar-refractivity contribution in [2.45, 2.75) is 25.4 Å². The van der Waals surface area contributed by atoms with Gasteiger partial charge in [-0.25, -0.2) is 0 Å². The zero-order valence-electron chi connectivity index (χ0n) is 10.7. The first kappa shape index (κ1) is 13.2. The lowest BCUT2D eigenvalue weighted by Crippen LogP contribution is -2.17. The minimum atomic E-state index is 0.106. The van der Waals surface area contributed by atoms with Gasteiger partial charge in [0.25, 0.3) is 0 Å². The number of aliphatic hydroxyl groups is 1. The summed E-state index contributed by atoms with van der Waals surface area (Å²) in [5.41, 5.74) is 1.08. The fourth-order valence-electron chi connectivity index (χ4n) is 2.09. The zero-order chi connectivity index (χ0) is 12.8. The molecule has 0 spiro atoms. The fourth-order valence-corrected chi connectivity index (χ4v) is 2.09. The molecule has 0 aliphatic carbocycles. The van der Waals surface area contributed by atoms with E-state index < -0.39 is 0 Å². The molecule has 1 N–H and O–H groups in total. The summed E-state index contributed by atoms with van der Waals surface area (Å²) >= 11 is 0. The molecule has 4 nitrogen and oxygen atoms in total. The second-order valence-electron chi connectivity index (χ2n) is 4.38. The Morgan fingerprint density at radius 1 is 1.44 bits per heavy atom. The predicted octanol–water partition coefficient (Wildman–Crippen LogP) is 1.79. The quantitative estimate of drug-likeness (QED) is 0.838. The van der Waals surface area contributed by atoms with Crippen LogP contribution in [0, 0.1) is 0 Å². The predicted molar refractivity (Wildman–Crippen MR) is 68.3 cm³/mol. The van der Waals surface area contributed by atoms with Gasteiger partial charge in [0.1, 0.15) is 6.10 Å². The van der Waals surface area contributed by atoms with E-state index in [1.807, 2.05) is 18.2 Å². The molecule has 1 aliphatic rings. The van der Waals surface area contributed by atoms with Crippen LogP contribution >= 0.6 is 0 Å². The van der Waals surface area contributed by atoms with Crippen molar-refractivity contribution < 1.29 is 19.3 Å². The van der Waals surface area contributed by atoms with E-state index in [1.54, 1.807) is 7.11 Å². The van der Waals surface area contributed by atoms with Crippen molar-refractivity contribution in [1.82, 2.24) is 0 Å². The number of benzene rings is 1. The Balaban J connectivity index is 2.16. The van der Waals surface area contributed by atoms with Crippen molar-refractivity contribution in [1.29, 1.82) is 0 Å². The van der Waals surface area contributed by atoms with Crippen LogP contribution in [0.4, 0.5) is 0 Å². The van der Waals surface area contributed by atoms with E-state index in [9.17, 15) is 0 Å². The smallest absolute Gasteiger partial charge is 0.164 e. The molecule has 1 heterocycles. The van der Waals surface area contributed by atoms with Gasteiger partial charge in [0.15, 0.2) is 11.5 Å². The molecule has 100 valence electrons. The SMILES string of the molecule is COc1cccc(CCCO)c1OC1CCOC1. The summed E-state index contributed by atoms with van der Waals surface area (Å²) in [5.74, 6) is 1.54. The van der Waals surface area contributed by atoms with Crippen LogP contribution in [-0.2, 0) is 11.2 Å². The molecule has 2 rings (SSSR count). The Labute approximate surface area is 107 Å². The van der Waals surface area contributed by atoms with E-state index in [4.69, 9.17) is 19.3 Å². The molecule has 0 amide bonds. The first-order valence-electron chi connectivity index (χ1n) is 6.36. The van der Waals surface area contributed by atoms with Crippen molar-refractivity contribution >= 4 is 0 Å². The van der Waals surface area contributed by atoms with Gasteiger partial charge in [-0.05, 0) is 24.5 Å². The maximum atomic E-state index is 8.94. The van der Waals surface area contributed by atoms with Crippen LogP contribution < -0.4 is 9.47 Å². The van der Waals surface area contributed by atoms with Crippen LogP contribution in [0.25, 0.3) is 0 Å². The molecule has 0 radical (unpaired) electrons. The van der Waals surface area contributed by atoms with E-state index in [-0.39, 0.29) is 12.7 Å². The molecule has 1 saturated heterocycles. The molecule has 4 heteroatoms. The summed E-state index contributed by atoms with van der Waals surface area (Å²) in [6, 6.07) is 5.86. The molecule has 1 aromatic rings. The summed E-state index contributed by atoms with van der Waals surface area (Å²) in [6.45, 7) is 1.58. The zero-order valence-corrected chi connectivity index (χ0v) is 10.7. The third-order valence-corrected chi connectivity index (χ3v) is 3.06. The number of hydrogen-bond acceptors (Lipinski definition) is 4. The molecule has 1 unspecified atom stereocenters. The average molecular weight is 252 g/mol. The normalized spacial score (nSPS) is 18.9. The highest BCUT2D eigenvalue weighted by Gasteiger charge is 2.20. The van der Waals surface area contributed by atoms with Crippen LogP contribution in [0.5, 0.6) is 11.5 Å². The monoisotopic (exact) mass is 252 g/mol. The summed E-state index contributed by atoms with van der Waals surface area (Å²) in [5, 5.41) is 8.94. The van der Waals surface area contributed by atoms with E-state index in [2.05, 4.69) is 0 Å². The maximum absolute atomic E-state index is 8.94. The Bertz CT molecular complexity index is 372. The Morgan fingerprint density at radius 3 is 3.00 bits per heavy atom. The largest absolute Gasteiger partial charge is 0.493 e. The third-order valence-electron chi connectivity index (χ3n) is 3.06. The number of hydrogen-bond donors (Lipinski definition) is 1. The number of aliphatic hydroxyl groups excluding tert-OH is 1.